The Morgan fingerprint density at radius 3 is 2.42 bits per heavy atom. The van der Waals surface area contributed by atoms with Crippen molar-refractivity contribution in [2.24, 2.45) is 0 Å². The predicted octanol–water partition coefficient (Wildman–Crippen LogP) is 5.19. The number of halogens is 3. The summed E-state index contributed by atoms with van der Waals surface area (Å²) >= 11 is 0. The third-order valence-electron chi connectivity index (χ3n) is 5.60. The number of nitrogens with one attached hydrogen (secondary N) is 1. The molecule has 1 fully saturated rings. The van der Waals surface area contributed by atoms with Gasteiger partial charge in [-0.25, -0.2) is 0 Å². The summed E-state index contributed by atoms with van der Waals surface area (Å²) in [7, 11) is 3.07. The number of carbonyl (C=O) groups excluding carboxylic acids is 1. The summed E-state index contributed by atoms with van der Waals surface area (Å²) < 4.78 is 55.6. The number of ether oxygens (including phenoxy) is 3. The van der Waals surface area contributed by atoms with Gasteiger partial charge >= 0.3 is 6.18 Å². The maximum atomic E-state index is 13.3. The highest BCUT2D eigenvalue weighted by molar-refractivity contribution is 5.99. The molecule has 0 heterocycles. The summed E-state index contributed by atoms with van der Waals surface area (Å²) in [5, 5.41) is 2.88. The first-order chi connectivity index (χ1) is 14.8. The van der Waals surface area contributed by atoms with Crippen molar-refractivity contribution in [2.75, 3.05) is 32.8 Å². The van der Waals surface area contributed by atoms with Crippen LogP contribution in [0.4, 0.5) is 18.9 Å². The molecule has 2 aromatic rings. The van der Waals surface area contributed by atoms with Gasteiger partial charge in [0.1, 0.15) is 6.61 Å². The van der Waals surface area contributed by atoms with Crippen molar-refractivity contribution in [3.63, 3.8) is 0 Å². The van der Waals surface area contributed by atoms with Crippen molar-refractivity contribution < 1.29 is 32.2 Å². The number of amides is 1. The quantitative estimate of drug-likeness (QED) is 0.578. The van der Waals surface area contributed by atoms with Crippen LogP contribution in [-0.4, -0.2) is 33.3 Å². The molecule has 168 valence electrons. The molecule has 1 N–H and O–H groups in total. The van der Waals surface area contributed by atoms with E-state index < -0.39 is 17.2 Å². The number of alkyl halides is 3. The molecule has 3 rings (SSSR count). The highest BCUT2D eigenvalue weighted by atomic mass is 19.4. The summed E-state index contributed by atoms with van der Waals surface area (Å²) in [5.74, 6) is 0.622. The van der Waals surface area contributed by atoms with Gasteiger partial charge in [-0.2, -0.15) is 13.2 Å². The van der Waals surface area contributed by atoms with E-state index in [1.165, 1.54) is 13.2 Å². The monoisotopic (exact) mass is 437 g/mol. The van der Waals surface area contributed by atoms with Crippen molar-refractivity contribution in [3.05, 3.63) is 53.6 Å². The number of rotatable bonds is 8. The summed E-state index contributed by atoms with van der Waals surface area (Å²) in [6.45, 7) is 0.691. The van der Waals surface area contributed by atoms with E-state index in [1.807, 2.05) is 0 Å². The van der Waals surface area contributed by atoms with Crippen LogP contribution < -0.4 is 14.8 Å². The van der Waals surface area contributed by atoms with Crippen molar-refractivity contribution >= 4 is 11.6 Å². The zero-order valence-corrected chi connectivity index (χ0v) is 17.6. The van der Waals surface area contributed by atoms with Crippen LogP contribution >= 0.6 is 0 Å². The fourth-order valence-corrected chi connectivity index (χ4v) is 3.97. The smallest absolute Gasteiger partial charge is 0.416 e. The van der Waals surface area contributed by atoms with Gasteiger partial charge in [0.05, 0.1) is 24.7 Å². The molecule has 0 aromatic heterocycles. The SMILES string of the molecule is COCCOc1cc(NC(=O)C2(c3cccc(C(F)(F)F)c3)CCCC2)ccc1OC. The Bertz CT molecular complexity index is 908. The number of carbonyl (C=O) groups is 1. The van der Waals surface area contributed by atoms with E-state index in [9.17, 15) is 18.0 Å². The minimum absolute atomic E-state index is 0.304. The molecule has 0 atom stereocenters. The van der Waals surface area contributed by atoms with E-state index in [-0.39, 0.29) is 5.91 Å². The van der Waals surface area contributed by atoms with Crippen molar-refractivity contribution in [1.29, 1.82) is 0 Å². The first-order valence-corrected chi connectivity index (χ1v) is 10.1. The molecule has 1 aliphatic rings. The number of hydrogen-bond donors (Lipinski definition) is 1. The molecule has 8 heteroatoms. The van der Waals surface area contributed by atoms with Gasteiger partial charge in [0.25, 0.3) is 0 Å². The fourth-order valence-electron chi connectivity index (χ4n) is 3.97. The first-order valence-electron chi connectivity index (χ1n) is 10.1. The van der Waals surface area contributed by atoms with E-state index in [1.54, 1.807) is 31.4 Å². The standard InChI is InChI=1S/C23H26F3NO4/c1-29-12-13-31-20-15-18(8-9-19(20)30-2)27-21(28)22(10-3-4-11-22)16-6-5-7-17(14-16)23(24,25)26/h5-9,14-15H,3-4,10-13H2,1-2H3,(H,27,28). The molecule has 1 aliphatic carbocycles. The van der Waals surface area contributed by atoms with Crippen molar-refractivity contribution in [1.82, 2.24) is 0 Å². The lowest BCUT2D eigenvalue weighted by molar-refractivity contribution is -0.137. The zero-order valence-electron chi connectivity index (χ0n) is 17.6. The van der Waals surface area contributed by atoms with Gasteiger partial charge in [-0.05, 0) is 36.6 Å². The molecular formula is C23H26F3NO4. The third kappa shape index (κ3) is 5.12. The van der Waals surface area contributed by atoms with Gasteiger partial charge in [0.2, 0.25) is 5.91 Å². The number of methoxy groups -OCH3 is 2. The van der Waals surface area contributed by atoms with Gasteiger partial charge in [-0.15, -0.1) is 0 Å². The average Bonchev–Trinajstić information content (AvgIpc) is 3.25. The summed E-state index contributed by atoms with van der Waals surface area (Å²) in [5.41, 5.74) is -0.876. The van der Waals surface area contributed by atoms with Crippen LogP contribution in [0.3, 0.4) is 0 Å². The Labute approximate surface area is 179 Å². The summed E-state index contributed by atoms with van der Waals surface area (Å²) in [4.78, 5) is 13.3. The number of benzene rings is 2. The second-order valence-corrected chi connectivity index (χ2v) is 7.53. The van der Waals surface area contributed by atoms with Crippen molar-refractivity contribution in [2.45, 2.75) is 37.3 Å². The van der Waals surface area contributed by atoms with Crippen molar-refractivity contribution in [3.8, 4) is 11.5 Å². The van der Waals surface area contributed by atoms with E-state index >= 15 is 0 Å². The molecule has 1 saturated carbocycles. The molecule has 0 radical (unpaired) electrons. The Kier molecular flexibility index (Phi) is 7.10. The van der Waals surface area contributed by atoms with Gasteiger partial charge in [-0.1, -0.05) is 31.0 Å². The largest absolute Gasteiger partial charge is 0.493 e. The molecule has 31 heavy (non-hydrogen) atoms. The second kappa shape index (κ2) is 9.60. The van der Waals surface area contributed by atoms with Crippen LogP contribution in [0.1, 0.15) is 36.8 Å². The van der Waals surface area contributed by atoms with E-state index in [2.05, 4.69) is 5.32 Å². The fraction of sp³-hybridized carbons (Fsp3) is 0.435. The van der Waals surface area contributed by atoms with E-state index in [0.717, 1.165) is 25.0 Å². The maximum absolute atomic E-state index is 13.3. The predicted molar refractivity (Wildman–Crippen MR) is 111 cm³/mol. The Balaban J connectivity index is 1.87. The Hall–Kier alpha value is -2.74. The Morgan fingerprint density at radius 1 is 1.03 bits per heavy atom. The molecule has 2 aromatic carbocycles. The van der Waals surface area contributed by atoms with E-state index in [4.69, 9.17) is 14.2 Å². The minimum Gasteiger partial charge on any atom is -0.493 e. The molecular weight excluding hydrogens is 411 g/mol. The van der Waals surface area contributed by atoms with Crippen LogP contribution in [0.2, 0.25) is 0 Å². The normalized spacial score (nSPS) is 15.5. The van der Waals surface area contributed by atoms with Crippen LogP contribution in [0.15, 0.2) is 42.5 Å². The zero-order chi connectivity index (χ0) is 22.5. The third-order valence-corrected chi connectivity index (χ3v) is 5.60. The lowest BCUT2D eigenvalue weighted by atomic mass is 9.77. The second-order valence-electron chi connectivity index (χ2n) is 7.53. The topological polar surface area (TPSA) is 56.8 Å². The number of hydrogen-bond acceptors (Lipinski definition) is 4. The highest BCUT2D eigenvalue weighted by Crippen LogP contribution is 2.44. The van der Waals surface area contributed by atoms with Gasteiger partial charge in [-0.3, -0.25) is 4.79 Å². The average molecular weight is 437 g/mol. The van der Waals surface area contributed by atoms with Gasteiger partial charge in [0, 0.05) is 18.9 Å². The summed E-state index contributed by atoms with van der Waals surface area (Å²) in [6, 6.07) is 10.1. The molecule has 0 aliphatic heterocycles. The molecule has 1 amide bonds. The molecule has 5 nitrogen and oxygen atoms in total. The number of anilines is 1. The summed E-state index contributed by atoms with van der Waals surface area (Å²) in [6.07, 6.45) is -1.92. The Morgan fingerprint density at radius 2 is 1.77 bits per heavy atom. The van der Waals surface area contributed by atoms with Crippen LogP contribution in [0, 0.1) is 0 Å². The van der Waals surface area contributed by atoms with Crippen LogP contribution in [0.5, 0.6) is 11.5 Å². The van der Waals surface area contributed by atoms with Crippen LogP contribution in [-0.2, 0) is 21.1 Å². The molecule has 0 saturated heterocycles. The van der Waals surface area contributed by atoms with E-state index in [0.29, 0.717) is 48.8 Å². The molecule has 0 spiro atoms. The minimum atomic E-state index is -4.46. The maximum Gasteiger partial charge on any atom is 0.416 e. The lowest BCUT2D eigenvalue weighted by Gasteiger charge is -2.29. The molecule has 0 bridgehead atoms. The lowest BCUT2D eigenvalue weighted by Crippen LogP contribution is -2.38. The highest BCUT2D eigenvalue weighted by Gasteiger charge is 2.44. The molecule has 0 unspecified atom stereocenters. The first kappa shape index (κ1) is 22.9. The van der Waals surface area contributed by atoms with Gasteiger partial charge < -0.3 is 19.5 Å². The van der Waals surface area contributed by atoms with Crippen LogP contribution in [0.25, 0.3) is 0 Å². The van der Waals surface area contributed by atoms with Gasteiger partial charge in [0.15, 0.2) is 11.5 Å².